The summed E-state index contributed by atoms with van der Waals surface area (Å²) in [5.41, 5.74) is 6.93. The molecular weight excluding hydrogens is 302 g/mol. The predicted molar refractivity (Wildman–Crippen MR) is 72.0 cm³/mol. The maximum atomic E-state index is 11.6. The van der Waals surface area contributed by atoms with Gasteiger partial charge in [0.1, 0.15) is 0 Å². The summed E-state index contributed by atoms with van der Waals surface area (Å²) < 4.78 is 30.8. The Bertz CT molecular complexity index is 631. The average molecular weight is 317 g/mol. The van der Waals surface area contributed by atoms with E-state index in [2.05, 4.69) is 5.32 Å². The second kappa shape index (κ2) is 7.13. The fourth-order valence-electron chi connectivity index (χ4n) is 1.46. The Balaban J connectivity index is 2.62. The molecule has 21 heavy (non-hydrogen) atoms. The summed E-state index contributed by atoms with van der Waals surface area (Å²) in [6.45, 7) is 0. The molecule has 0 radical (unpaired) electrons. The predicted octanol–water partition coefficient (Wildman–Crippen LogP) is -0.515. The maximum absolute atomic E-state index is 11.6. The van der Waals surface area contributed by atoms with Gasteiger partial charge in [-0.15, -0.1) is 0 Å². The van der Waals surface area contributed by atoms with Gasteiger partial charge < -0.3 is 11.1 Å². The van der Waals surface area contributed by atoms with Crippen LogP contribution in [0.15, 0.2) is 29.2 Å². The van der Waals surface area contributed by atoms with Gasteiger partial charge in [0.2, 0.25) is 5.91 Å². The molecule has 1 unspecified atom stereocenters. The molecule has 0 bridgehead atoms. The smallest absolute Gasteiger partial charge is 0.294 e. The molecule has 0 saturated carbocycles. The second-order valence-corrected chi connectivity index (χ2v) is 5.59. The number of nitrogens with one attached hydrogen (secondary N) is 2. The minimum atomic E-state index is -4.35. The molecule has 9 nitrogen and oxygen atoms in total. The monoisotopic (exact) mass is 317 g/mol. The van der Waals surface area contributed by atoms with Crippen molar-refractivity contribution in [1.29, 1.82) is 0 Å². The van der Waals surface area contributed by atoms with Gasteiger partial charge in [0, 0.05) is 12.1 Å². The summed E-state index contributed by atoms with van der Waals surface area (Å²) in [4.78, 5) is 22.2. The number of hydroxylamine groups is 1. The summed E-state index contributed by atoms with van der Waals surface area (Å²) in [5.74, 6) is -1.31. The molecule has 116 valence electrons. The highest BCUT2D eigenvalue weighted by Gasteiger charge is 2.15. The van der Waals surface area contributed by atoms with E-state index in [9.17, 15) is 18.0 Å². The van der Waals surface area contributed by atoms with Crippen LogP contribution in [0.25, 0.3) is 0 Å². The van der Waals surface area contributed by atoms with Crippen molar-refractivity contribution < 1.29 is 27.8 Å². The van der Waals surface area contributed by atoms with Gasteiger partial charge in [0.25, 0.3) is 16.0 Å². The number of benzene rings is 1. The van der Waals surface area contributed by atoms with Crippen molar-refractivity contribution in [2.45, 2.75) is 23.8 Å². The van der Waals surface area contributed by atoms with Gasteiger partial charge in [-0.3, -0.25) is 19.3 Å². The molecule has 0 spiro atoms. The number of hydrogen-bond acceptors (Lipinski definition) is 6. The molecule has 0 aliphatic rings. The number of hydrogen-bond donors (Lipinski definition) is 5. The Morgan fingerprint density at radius 3 is 2.57 bits per heavy atom. The van der Waals surface area contributed by atoms with Gasteiger partial charge in [-0.2, -0.15) is 8.42 Å². The first-order chi connectivity index (χ1) is 9.74. The van der Waals surface area contributed by atoms with Crippen LogP contribution in [0.4, 0.5) is 5.69 Å². The number of amides is 2. The third kappa shape index (κ3) is 5.47. The van der Waals surface area contributed by atoms with Crippen LogP contribution in [-0.4, -0.2) is 36.0 Å². The maximum Gasteiger partial charge on any atom is 0.294 e. The van der Waals surface area contributed by atoms with Crippen molar-refractivity contribution in [1.82, 2.24) is 5.48 Å². The van der Waals surface area contributed by atoms with Crippen molar-refractivity contribution in [2.24, 2.45) is 5.73 Å². The molecule has 6 N–H and O–H groups in total. The standard InChI is InChI=1S/C11H15N3O6S/c12-9(11(16)14-17)4-5-10(15)13-7-2-1-3-8(6-7)21(18,19)20/h1-3,6,9,17H,4-5,12H2,(H,13,15)(H,14,16)(H,18,19,20). The van der Waals surface area contributed by atoms with Crippen molar-refractivity contribution in [3.63, 3.8) is 0 Å². The molecule has 0 heterocycles. The topological polar surface area (TPSA) is 159 Å². The summed E-state index contributed by atoms with van der Waals surface area (Å²) in [7, 11) is -4.35. The average Bonchev–Trinajstić information content (AvgIpc) is 2.43. The molecule has 1 aromatic rings. The van der Waals surface area contributed by atoms with Crippen molar-refractivity contribution >= 4 is 27.6 Å². The van der Waals surface area contributed by atoms with E-state index in [-0.39, 0.29) is 23.4 Å². The molecule has 0 aliphatic carbocycles. The van der Waals surface area contributed by atoms with Gasteiger partial charge in [-0.25, -0.2) is 5.48 Å². The molecule has 2 amide bonds. The first-order valence-corrected chi connectivity index (χ1v) is 7.25. The zero-order valence-electron chi connectivity index (χ0n) is 10.8. The number of carbonyl (C=O) groups excluding carboxylic acids is 2. The molecular formula is C11H15N3O6S. The number of anilines is 1. The highest BCUT2D eigenvalue weighted by Crippen LogP contribution is 2.15. The van der Waals surface area contributed by atoms with Gasteiger partial charge in [0.15, 0.2) is 0 Å². The lowest BCUT2D eigenvalue weighted by atomic mass is 10.1. The van der Waals surface area contributed by atoms with Gasteiger partial charge in [-0.1, -0.05) is 6.07 Å². The van der Waals surface area contributed by atoms with Crippen molar-refractivity contribution in [3.8, 4) is 0 Å². The van der Waals surface area contributed by atoms with E-state index >= 15 is 0 Å². The van der Waals surface area contributed by atoms with E-state index in [0.29, 0.717) is 0 Å². The second-order valence-electron chi connectivity index (χ2n) is 4.17. The lowest BCUT2D eigenvalue weighted by Crippen LogP contribution is -2.39. The molecule has 0 aromatic heterocycles. The molecule has 1 aromatic carbocycles. The van der Waals surface area contributed by atoms with Gasteiger partial charge in [0.05, 0.1) is 10.9 Å². The number of nitrogens with two attached hydrogens (primary N) is 1. The quantitative estimate of drug-likeness (QED) is 0.268. The molecule has 0 fully saturated rings. The van der Waals surface area contributed by atoms with Crippen LogP contribution in [-0.2, 0) is 19.7 Å². The van der Waals surface area contributed by atoms with Crippen LogP contribution in [0, 0.1) is 0 Å². The Labute approximate surface area is 120 Å². The van der Waals surface area contributed by atoms with Crippen LogP contribution < -0.4 is 16.5 Å². The van der Waals surface area contributed by atoms with E-state index in [4.69, 9.17) is 15.5 Å². The van der Waals surface area contributed by atoms with E-state index in [1.807, 2.05) is 0 Å². The van der Waals surface area contributed by atoms with Crippen LogP contribution in [0.3, 0.4) is 0 Å². The first kappa shape index (κ1) is 17.0. The Morgan fingerprint density at radius 1 is 1.33 bits per heavy atom. The van der Waals surface area contributed by atoms with Crippen molar-refractivity contribution in [2.75, 3.05) is 5.32 Å². The minimum Gasteiger partial charge on any atom is -0.326 e. The van der Waals surface area contributed by atoms with Gasteiger partial charge >= 0.3 is 0 Å². The SMILES string of the molecule is NC(CCC(=O)Nc1cccc(S(=O)(=O)O)c1)C(=O)NO. The highest BCUT2D eigenvalue weighted by atomic mass is 32.2. The van der Waals surface area contributed by atoms with E-state index in [0.717, 1.165) is 6.07 Å². The van der Waals surface area contributed by atoms with Crippen molar-refractivity contribution in [3.05, 3.63) is 24.3 Å². The lowest BCUT2D eigenvalue weighted by Gasteiger charge is -2.09. The van der Waals surface area contributed by atoms with Crippen LogP contribution in [0.5, 0.6) is 0 Å². The highest BCUT2D eigenvalue weighted by molar-refractivity contribution is 7.85. The van der Waals surface area contributed by atoms with E-state index in [1.54, 1.807) is 0 Å². The van der Waals surface area contributed by atoms with Gasteiger partial charge in [-0.05, 0) is 24.6 Å². The lowest BCUT2D eigenvalue weighted by molar-refractivity contribution is -0.130. The first-order valence-electron chi connectivity index (χ1n) is 5.81. The Morgan fingerprint density at radius 2 is 2.00 bits per heavy atom. The fourth-order valence-corrected chi connectivity index (χ4v) is 1.98. The Hall–Kier alpha value is -2.01. The van der Waals surface area contributed by atoms with Crippen LogP contribution in [0.1, 0.15) is 12.8 Å². The summed E-state index contributed by atoms with van der Waals surface area (Å²) in [6.07, 6.45) is -0.110. The largest absolute Gasteiger partial charge is 0.326 e. The number of carbonyl (C=O) groups is 2. The summed E-state index contributed by atoms with van der Waals surface area (Å²) in [6, 6.07) is 4.02. The van der Waals surface area contributed by atoms with E-state index in [1.165, 1.54) is 23.7 Å². The Kier molecular flexibility index (Phi) is 5.79. The van der Waals surface area contributed by atoms with Crippen LogP contribution in [0.2, 0.25) is 0 Å². The minimum absolute atomic E-state index is 0.00375. The molecule has 1 atom stereocenters. The fraction of sp³-hybridized carbons (Fsp3) is 0.273. The third-order valence-electron chi connectivity index (χ3n) is 2.55. The zero-order chi connectivity index (χ0) is 16.0. The normalized spacial score (nSPS) is 12.5. The zero-order valence-corrected chi connectivity index (χ0v) is 11.6. The molecule has 10 heteroatoms. The molecule has 0 saturated heterocycles. The summed E-state index contributed by atoms with van der Waals surface area (Å²) in [5, 5.41) is 10.8. The third-order valence-corrected chi connectivity index (χ3v) is 3.39. The summed E-state index contributed by atoms with van der Waals surface area (Å²) >= 11 is 0. The van der Waals surface area contributed by atoms with Crippen LogP contribution >= 0.6 is 0 Å². The number of rotatable bonds is 6. The molecule has 0 aliphatic heterocycles. The molecule has 1 rings (SSSR count). The van der Waals surface area contributed by atoms with E-state index < -0.39 is 28.0 Å².